The van der Waals surface area contributed by atoms with Crippen LogP contribution in [0.5, 0.6) is 0 Å². The summed E-state index contributed by atoms with van der Waals surface area (Å²) >= 11 is 6.02. The fourth-order valence-electron chi connectivity index (χ4n) is 2.37. The molecule has 110 valence electrons. The van der Waals surface area contributed by atoms with Gasteiger partial charge in [-0.25, -0.2) is 0 Å². The monoisotopic (exact) mass is 312 g/mol. The number of hydrogen-bond acceptors (Lipinski definition) is 2. The Balaban J connectivity index is 2.20. The molecule has 0 radical (unpaired) electrons. The third kappa shape index (κ3) is 2.61. The molecule has 0 saturated carbocycles. The number of aromatic amines is 1. The van der Waals surface area contributed by atoms with Crippen LogP contribution in [0.25, 0.3) is 10.9 Å². The number of aromatic nitrogens is 1. The highest BCUT2D eigenvalue weighted by Gasteiger charge is 2.20. The van der Waals surface area contributed by atoms with Crippen LogP contribution in [0.1, 0.15) is 23.0 Å². The van der Waals surface area contributed by atoms with E-state index in [1.165, 1.54) is 6.92 Å². The van der Waals surface area contributed by atoms with Gasteiger partial charge < -0.3 is 10.3 Å². The summed E-state index contributed by atoms with van der Waals surface area (Å²) in [7, 11) is 0. The van der Waals surface area contributed by atoms with E-state index in [0.29, 0.717) is 27.4 Å². The summed E-state index contributed by atoms with van der Waals surface area (Å²) in [6, 6.07) is 14.1. The van der Waals surface area contributed by atoms with Crippen molar-refractivity contribution in [1.29, 1.82) is 0 Å². The van der Waals surface area contributed by atoms with Gasteiger partial charge in [0, 0.05) is 28.4 Å². The number of rotatable bonds is 3. The van der Waals surface area contributed by atoms with Crippen LogP contribution in [0, 0.1) is 0 Å². The summed E-state index contributed by atoms with van der Waals surface area (Å²) in [5.41, 5.74) is 2.09. The summed E-state index contributed by atoms with van der Waals surface area (Å²) in [5.74, 6) is -0.431. The molecule has 2 aromatic carbocycles. The topological polar surface area (TPSA) is 62.0 Å². The molecule has 0 spiro atoms. The Bertz CT molecular complexity index is 869. The minimum absolute atomic E-state index is 0.184. The maximum absolute atomic E-state index is 12.7. The van der Waals surface area contributed by atoms with Crippen LogP contribution in [0.4, 0.5) is 5.69 Å². The molecule has 1 aromatic heterocycles. The highest BCUT2D eigenvalue weighted by Crippen LogP contribution is 2.31. The molecule has 0 aliphatic heterocycles. The zero-order chi connectivity index (χ0) is 15.7. The molecule has 0 unspecified atom stereocenters. The predicted molar refractivity (Wildman–Crippen MR) is 87.5 cm³/mol. The maximum atomic E-state index is 12.7. The molecule has 0 atom stereocenters. The average molecular weight is 313 g/mol. The van der Waals surface area contributed by atoms with E-state index in [2.05, 4.69) is 10.3 Å². The summed E-state index contributed by atoms with van der Waals surface area (Å²) in [4.78, 5) is 27.2. The molecule has 4 nitrogen and oxygen atoms in total. The number of carbonyl (C=O) groups excluding carboxylic acids is 2. The second kappa shape index (κ2) is 5.66. The zero-order valence-electron chi connectivity index (χ0n) is 11.8. The summed E-state index contributed by atoms with van der Waals surface area (Å²) in [6.07, 6.45) is 0. The Morgan fingerprint density at radius 2 is 1.82 bits per heavy atom. The first-order valence-electron chi connectivity index (χ1n) is 6.75. The molecule has 5 heteroatoms. The molecular formula is C17H13ClN2O2. The highest BCUT2D eigenvalue weighted by molar-refractivity contribution is 6.31. The lowest BCUT2D eigenvalue weighted by molar-refractivity contribution is -0.114. The lowest BCUT2D eigenvalue weighted by atomic mass is 10.1. The number of amides is 1. The molecule has 3 rings (SSSR count). The molecule has 0 aliphatic rings. The molecule has 1 amide bonds. The molecule has 0 fully saturated rings. The van der Waals surface area contributed by atoms with Gasteiger partial charge in [0.25, 0.3) is 0 Å². The minimum Gasteiger partial charge on any atom is -0.350 e. The van der Waals surface area contributed by atoms with E-state index in [9.17, 15) is 9.59 Å². The first-order chi connectivity index (χ1) is 10.6. The SMILES string of the molecule is CC(=O)Nc1c(C(=O)c2ccccc2)[nH]c2ccc(Cl)cc12. The van der Waals surface area contributed by atoms with Crippen LogP contribution in [-0.4, -0.2) is 16.7 Å². The zero-order valence-corrected chi connectivity index (χ0v) is 12.6. The van der Waals surface area contributed by atoms with Crippen LogP contribution in [0.15, 0.2) is 48.5 Å². The van der Waals surface area contributed by atoms with Gasteiger partial charge in [0.05, 0.1) is 5.69 Å². The molecule has 1 heterocycles. The number of halogens is 1. The minimum atomic E-state index is -0.247. The van der Waals surface area contributed by atoms with Gasteiger partial charge in [0.15, 0.2) is 0 Å². The van der Waals surface area contributed by atoms with Gasteiger partial charge in [0.1, 0.15) is 5.69 Å². The second-order valence-electron chi connectivity index (χ2n) is 4.94. The molecule has 3 aromatic rings. The van der Waals surface area contributed by atoms with Gasteiger partial charge >= 0.3 is 0 Å². The van der Waals surface area contributed by atoms with Crippen molar-refractivity contribution >= 4 is 39.9 Å². The van der Waals surface area contributed by atoms with Crippen LogP contribution in [-0.2, 0) is 4.79 Å². The van der Waals surface area contributed by atoms with Crippen molar-refractivity contribution in [3.05, 3.63) is 64.8 Å². The first kappa shape index (κ1) is 14.4. The standard InChI is InChI=1S/C17H13ClN2O2/c1-10(21)19-15-13-9-12(18)7-8-14(13)20-16(15)17(22)11-5-3-2-4-6-11/h2-9,20H,1H3,(H,19,21). The number of benzene rings is 2. The Morgan fingerprint density at radius 1 is 1.09 bits per heavy atom. The number of ketones is 1. The van der Waals surface area contributed by atoms with Crippen molar-refractivity contribution in [1.82, 2.24) is 4.98 Å². The number of fused-ring (bicyclic) bond motifs is 1. The Labute approximate surface area is 132 Å². The third-order valence-corrected chi connectivity index (χ3v) is 3.56. The maximum Gasteiger partial charge on any atom is 0.221 e. The van der Waals surface area contributed by atoms with Crippen molar-refractivity contribution in [2.75, 3.05) is 5.32 Å². The van der Waals surface area contributed by atoms with Gasteiger partial charge in [-0.05, 0) is 18.2 Å². The summed E-state index contributed by atoms with van der Waals surface area (Å²) in [5, 5.41) is 3.97. The van der Waals surface area contributed by atoms with Gasteiger partial charge in [-0.1, -0.05) is 41.9 Å². The Kier molecular flexibility index (Phi) is 3.69. The molecule has 2 N–H and O–H groups in total. The Morgan fingerprint density at radius 3 is 2.50 bits per heavy atom. The molecule has 0 saturated heterocycles. The van der Waals surface area contributed by atoms with Gasteiger partial charge in [-0.2, -0.15) is 0 Å². The fraction of sp³-hybridized carbons (Fsp3) is 0.0588. The number of hydrogen-bond donors (Lipinski definition) is 2. The highest BCUT2D eigenvalue weighted by atomic mass is 35.5. The smallest absolute Gasteiger partial charge is 0.221 e. The normalized spacial score (nSPS) is 10.6. The lowest BCUT2D eigenvalue weighted by Crippen LogP contribution is -2.11. The molecule has 0 bridgehead atoms. The number of anilines is 1. The number of H-pyrrole nitrogens is 1. The lowest BCUT2D eigenvalue weighted by Gasteiger charge is -2.05. The van der Waals surface area contributed by atoms with Crippen molar-refractivity contribution in [2.45, 2.75) is 6.92 Å². The summed E-state index contributed by atoms with van der Waals surface area (Å²) < 4.78 is 0. The van der Waals surface area contributed by atoms with E-state index in [-0.39, 0.29) is 11.7 Å². The van der Waals surface area contributed by atoms with Gasteiger partial charge in [0.2, 0.25) is 11.7 Å². The van der Waals surface area contributed by atoms with E-state index >= 15 is 0 Å². The van der Waals surface area contributed by atoms with Crippen molar-refractivity contribution in [3.8, 4) is 0 Å². The van der Waals surface area contributed by atoms with E-state index in [4.69, 9.17) is 11.6 Å². The predicted octanol–water partition coefficient (Wildman–Crippen LogP) is 4.01. The van der Waals surface area contributed by atoms with Gasteiger partial charge in [-0.3, -0.25) is 9.59 Å². The van der Waals surface area contributed by atoms with E-state index in [1.54, 1.807) is 42.5 Å². The van der Waals surface area contributed by atoms with E-state index in [1.807, 2.05) is 6.07 Å². The Hall–Kier alpha value is -2.59. The second-order valence-corrected chi connectivity index (χ2v) is 5.38. The third-order valence-electron chi connectivity index (χ3n) is 3.32. The quantitative estimate of drug-likeness (QED) is 0.718. The number of carbonyl (C=O) groups is 2. The largest absolute Gasteiger partial charge is 0.350 e. The molecule has 0 aliphatic carbocycles. The molecular weight excluding hydrogens is 300 g/mol. The van der Waals surface area contributed by atoms with Crippen LogP contribution < -0.4 is 5.32 Å². The van der Waals surface area contributed by atoms with E-state index < -0.39 is 0 Å². The van der Waals surface area contributed by atoms with Gasteiger partial charge in [-0.15, -0.1) is 0 Å². The van der Waals surface area contributed by atoms with Crippen molar-refractivity contribution in [3.63, 3.8) is 0 Å². The number of nitrogens with one attached hydrogen (secondary N) is 2. The van der Waals surface area contributed by atoms with Crippen molar-refractivity contribution in [2.24, 2.45) is 0 Å². The fourth-order valence-corrected chi connectivity index (χ4v) is 2.55. The van der Waals surface area contributed by atoms with Crippen LogP contribution in [0.2, 0.25) is 5.02 Å². The summed E-state index contributed by atoms with van der Waals surface area (Å²) in [6.45, 7) is 1.40. The average Bonchev–Trinajstić information content (AvgIpc) is 2.85. The first-order valence-corrected chi connectivity index (χ1v) is 7.12. The van der Waals surface area contributed by atoms with Crippen LogP contribution in [0.3, 0.4) is 0 Å². The van der Waals surface area contributed by atoms with Crippen LogP contribution >= 0.6 is 11.6 Å². The van der Waals surface area contributed by atoms with Crippen molar-refractivity contribution < 1.29 is 9.59 Å². The van der Waals surface area contributed by atoms with E-state index in [0.717, 1.165) is 5.52 Å². The molecule has 22 heavy (non-hydrogen) atoms.